The fourth-order valence-corrected chi connectivity index (χ4v) is 2.92. The van der Waals surface area contributed by atoms with E-state index in [0.717, 1.165) is 38.5 Å². The molecule has 156 valence electrons. The van der Waals surface area contributed by atoms with Gasteiger partial charge in [0.1, 0.15) is 23.9 Å². The molecule has 0 amide bonds. The van der Waals surface area contributed by atoms with Crippen LogP contribution in [0.4, 0.5) is 0 Å². The zero-order valence-corrected chi connectivity index (χ0v) is 17.3. The zero-order chi connectivity index (χ0) is 20.9. The highest BCUT2D eigenvalue weighted by atomic mass is 16.5. The molecule has 0 fully saturated rings. The number of para-hydroxylation sites is 1. The molecule has 2 rings (SSSR count). The van der Waals surface area contributed by atoms with E-state index in [4.69, 9.17) is 14.2 Å². The Balaban J connectivity index is 1.51. The third-order valence-corrected chi connectivity index (χ3v) is 4.50. The standard InChI is InChI=1S/C23H30NO5/c1-24-15-11-12-19(18-24)22(25)29-17-10-6-4-3-5-9-16-28-21-14-8-7-13-20(21)23(26)27-2/h7-8,11-15,18H,3-6,9-10,16-17H2,1-2H3/q+1. The van der Waals surface area contributed by atoms with Crippen molar-refractivity contribution < 1.29 is 28.4 Å². The van der Waals surface area contributed by atoms with Gasteiger partial charge in [-0.3, -0.25) is 0 Å². The average Bonchev–Trinajstić information content (AvgIpc) is 2.74. The Bertz CT molecular complexity index is 790. The number of benzene rings is 1. The van der Waals surface area contributed by atoms with Gasteiger partial charge in [-0.15, -0.1) is 0 Å². The topological polar surface area (TPSA) is 65.7 Å². The molecule has 0 N–H and O–H groups in total. The Morgan fingerprint density at radius 2 is 1.55 bits per heavy atom. The number of esters is 2. The van der Waals surface area contributed by atoms with E-state index in [1.165, 1.54) is 7.11 Å². The van der Waals surface area contributed by atoms with E-state index < -0.39 is 0 Å². The number of carbonyl (C=O) groups excluding carboxylic acids is 2. The van der Waals surface area contributed by atoms with Crippen molar-refractivity contribution in [3.8, 4) is 5.75 Å². The quantitative estimate of drug-likeness (QED) is 0.307. The van der Waals surface area contributed by atoms with E-state index in [1.54, 1.807) is 30.5 Å². The van der Waals surface area contributed by atoms with Crippen molar-refractivity contribution in [3.05, 3.63) is 59.9 Å². The van der Waals surface area contributed by atoms with Gasteiger partial charge in [-0.1, -0.05) is 37.8 Å². The first-order valence-corrected chi connectivity index (χ1v) is 10.0. The lowest BCUT2D eigenvalue weighted by atomic mass is 10.1. The second-order valence-electron chi connectivity index (χ2n) is 6.85. The first-order chi connectivity index (χ1) is 14.1. The molecule has 0 aliphatic carbocycles. The monoisotopic (exact) mass is 400 g/mol. The number of pyridine rings is 1. The molecule has 29 heavy (non-hydrogen) atoms. The maximum absolute atomic E-state index is 11.9. The molecule has 1 aromatic carbocycles. The normalized spacial score (nSPS) is 10.4. The van der Waals surface area contributed by atoms with Crippen LogP contribution in [0.1, 0.15) is 59.2 Å². The molecule has 0 atom stereocenters. The number of aryl methyl sites for hydroxylation is 1. The molecular weight excluding hydrogens is 370 g/mol. The minimum absolute atomic E-state index is 0.273. The van der Waals surface area contributed by atoms with Gasteiger partial charge < -0.3 is 14.2 Å². The molecular formula is C23H30NO5+. The highest BCUT2D eigenvalue weighted by Crippen LogP contribution is 2.19. The zero-order valence-electron chi connectivity index (χ0n) is 17.3. The van der Waals surface area contributed by atoms with Gasteiger partial charge in [0.15, 0.2) is 12.4 Å². The maximum atomic E-state index is 11.9. The van der Waals surface area contributed by atoms with Gasteiger partial charge in [0, 0.05) is 6.07 Å². The summed E-state index contributed by atoms with van der Waals surface area (Å²) in [7, 11) is 3.24. The molecule has 0 aliphatic heterocycles. The highest BCUT2D eigenvalue weighted by Gasteiger charge is 2.12. The predicted molar refractivity (Wildman–Crippen MR) is 109 cm³/mol. The van der Waals surface area contributed by atoms with Crippen LogP contribution in [0.3, 0.4) is 0 Å². The Morgan fingerprint density at radius 3 is 2.28 bits per heavy atom. The summed E-state index contributed by atoms with van der Waals surface area (Å²) >= 11 is 0. The van der Waals surface area contributed by atoms with E-state index in [0.29, 0.717) is 30.1 Å². The summed E-state index contributed by atoms with van der Waals surface area (Å²) in [6, 6.07) is 10.7. The van der Waals surface area contributed by atoms with Crippen molar-refractivity contribution >= 4 is 11.9 Å². The van der Waals surface area contributed by atoms with Crippen molar-refractivity contribution in [2.24, 2.45) is 7.05 Å². The lowest BCUT2D eigenvalue weighted by Crippen LogP contribution is -2.28. The first kappa shape index (κ1) is 22.4. The van der Waals surface area contributed by atoms with Crippen molar-refractivity contribution in [1.29, 1.82) is 0 Å². The molecule has 1 aromatic heterocycles. The first-order valence-electron chi connectivity index (χ1n) is 10.0. The van der Waals surface area contributed by atoms with Gasteiger partial charge in [0.05, 0.1) is 20.3 Å². The van der Waals surface area contributed by atoms with Crippen LogP contribution in [0, 0.1) is 0 Å². The van der Waals surface area contributed by atoms with E-state index in [2.05, 4.69) is 0 Å². The summed E-state index contributed by atoms with van der Waals surface area (Å²) in [5.41, 5.74) is 1.03. The Hall–Kier alpha value is -2.89. The lowest BCUT2D eigenvalue weighted by Gasteiger charge is -2.10. The molecule has 0 saturated carbocycles. The third kappa shape index (κ3) is 7.94. The van der Waals surface area contributed by atoms with E-state index in [9.17, 15) is 9.59 Å². The molecule has 0 bridgehead atoms. The number of methoxy groups -OCH3 is 1. The molecule has 6 nitrogen and oxygen atoms in total. The number of hydrogen-bond donors (Lipinski definition) is 0. The van der Waals surface area contributed by atoms with Crippen LogP contribution >= 0.6 is 0 Å². The molecule has 0 spiro atoms. The molecule has 0 unspecified atom stereocenters. The summed E-state index contributed by atoms with van der Waals surface area (Å²) in [5, 5.41) is 0. The Morgan fingerprint density at radius 1 is 0.862 bits per heavy atom. The molecule has 0 saturated heterocycles. The van der Waals surface area contributed by atoms with Crippen molar-refractivity contribution in [3.63, 3.8) is 0 Å². The molecule has 2 aromatic rings. The summed E-state index contributed by atoms with van der Waals surface area (Å²) in [6.45, 7) is 1.02. The van der Waals surface area contributed by atoms with Gasteiger partial charge in [-0.25, -0.2) is 14.2 Å². The van der Waals surface area contributed by atoms with Crippen LogP contribution in [0.15, 0.2) is 48.8 Å². The predicted octanol–water partition coefficient (Wildman–Crippen LogP) is 3.87. The molecule has 0 aliphatic rings. The second kappa shape index (κ2) is 12.5. The maximum Gasteiger partial charge on any atom is 0.344 e. The van der Waals surface area contributed by atoms with Gasteiger partial charge >= 0.3 is 11.9 Å². The van der Waals surface area contributed by atoms with Gasteiger partial charge in [-0.2, -0.15) is 0 Å². The summed E-state index contributed by atoms with van der Waals surface area (Å²) < 4.78 is 17.6. The van der Waals surface area contributed by atoms with Crippen molar-refractivity contribution in [2.45, 2.75) is 38.5 Å². The fourth-order valence-electron chi connectivity index (χ4n) is 2.92. The summed E-state index contributed by atoms with van der Waals surface area (Å²) in [4.78, 5) is 23.6. The second-order valence-corrected chi connectivity index (χ2v) is 6.85. The molecule has 6 heteroatoms. The van der Waals surface area contributed by atoms with Crippen molar-refractivity contribution in [2.75, 3.05) is 20.3 Å². The van der Waals surface area contributed by atoms with Crippen LogP contribution in [0.5, 0.6) is 5.75 Å². The van der Waals surface area contributed by atoms with E-state index in [-0.39, 0.29) is 11.9 Å². The largest absolute Gasteiger partial charge is 0.493 e. The Kier molecular flexibility index (Phi) is 9.69. The number of ether oxygens (including phenoxy) is 3. The van der Waals surface area contributed by atoms with Crippen LogP contribution in [-0.4, -0.2) is 32.3 Å². The lowest BCUT2D eigenvalue weighted by molar-refractivity contribution is -0.671. The van der Waals surface area contributed by atoms with Crippen LogP contribution in [0.2, 0.25) is 0 Å². The number of nitrogens with zero attached hydrogens (tertiary/aromatic N) is 1. The number of rotatable bonds is 12. The summed E-state index contributed by atoms with van der Waals surface area (Å²) in [6.07, 6.45) is 9.71. The number of carbonyl (C=O) groups is 2. The minimum atomic E-state index is -0.387. The van der Waals surface area contributed by atoms with Crippen molar-refractivity contribution in [1.82, 2.24) is 0 Å². The number of unbranched alkanes of at least 4 members (excludes halogenated alkanes) is 5. The SMILES string of the molecule is COC(=O)c1ccccc1OCCCCCCCCOC(=O)c1ccc[n+](C)c1. The third-order valence-electron chi connectivity index (χ3n) is 4.50. The van der Waals surface area contributed by atoms with Crippen LogP contribution < -0.4 is 9.30 Å². The van der Waals surface area contributed by atoms with Gasteiger partial charge in [0.25, 0.3) is 0 Å². The van der Waals surface area contributed by atoms with Gasteiger partial charge in [-0.05, 0) is 31.0 Å². The highest BCUT2D eigenvalue weighted by molar-refractivity contribution is 5.92. The smallest absolute Gasteiger partial charge is 0.344 e. The summed E-state index contributed by atoms with van der Waals surface area (Å²) in [5.74, 6) is -0.0961. The molecule has 0 radical (unpaired) electrons. The number of hydrogen-bond acceptors (Lipinski definition) is 5. The van der Waals surface area contributed by atoms with Gasteiger partial charge in [0.2, 0.25) is 0 Å². The van der Waals surface area contributed by atoms with E-state index in [1.807, 2.05) is 29.9 Å². The van der Waals surface area contributed by atoms with E-state index >= 15 is 0 Å². The fraction of sp³-hybridized carbons (Fsp3) is 0.435. The van der Waals surface area contributed by atoms with Crippen LogP contribution in [0.25, 0.3) is 0 Å². The Labute approximate surface area is 172 Å². The molecule has 1 heterocycles. The minimum Gasteiger partial charge on any atom is -0.493 e. The van der Waals surface area contributed by atoms with Crippen LogP contribution in [-0.2, 0) is 16.5 Å². The average molecular weight is 400 g/mol. The number of aromatic nitrogens is 1.